The van der Waals surface area contributed by atoms with Crippen LogP contribution in [0.1, 0.15) is 10.4 Å². The minimum Gasteiger partial charge on any atom is -0.340 e. The molecule has 0 aliphatic heterocycles. The van der Waals surface area contributed by atoms with Crippen LogP contribution >= 0.6 is 0 Å². The highest BCUT2D eigenvalue weighted by Crippen LogP contribution is 2.01. The molecule has 3 heteroatoms. The monoisotopic (exact) mass is 178 g/mol. The summed E-state index contributed by atoms with van der Waals surface area (Å²) in [4.78, 5) is 13.2. The molecule has 0 aliphatic carbocycles. The van der Waals surface area contributed by atoms with Gasteiger partial charge in [0.15, 0.2) is 0 Å². The summed E-state index contributed by atoms with van der Waals surface area (Å²) in [5, 5.41) is 0. The van der Waals surface area contributed by atoms with E-state index in [2.05, 4.69) is 0 Å². The van der Waals surface area contributed by atoms with Crippen molar-refractivity contribution in [2.45, 2.75) is 0 Å². The van der Waals surface area contributed by atoms with Crippen molar-refractivity contribution in [3.8, 4) is 0 Å². The van der Waals surface area contributed by atoms with Crippen molar-refractivity contribution < 1.29 is 4.79 Å². The third-order valence-corrected chi connectivity index (χ3v) is 1.83. The molecular formula is C10H14N2O. The standard InChI is InChI=1S/C10H14N2O/c1-12(8-7-11)10(13)9-5-3-2-4-6-9/h2-6H,7-8,11H2,1H3. The molecule has 0 unspecified atom stereocenters. The van der Waals surface area contributed by atoms with Crippen molar-refractivity contribution in [1.82, 2.24) is 4.90 Å². The van der Waals surface area contributed by atoms with Crippen LogP contribution < -0.4 is 5.73 Å². The molecule has 1 amide bonds. The van der Waals surface area contributed by atoms with Crippen molar-refractivity contribution in [2.24, 2.45) is 5.73 Å². The summed E-state index contributed by atoms with van der Waals surface area (Å²) in [5.41, 5.74) is 6.06. The lowest BCUT2D eigenvalue weighted by atomic mass is 10.2. The lowest BCUT2D eigenvalue weighted by molar-refractivity contribution is 0.0799. The van der Waals surface area contributed by atoms with Crippen molar-refractivity contribution in [1.29, 1.82) is 0 Å². The molecule has 3 nitrogen and oxygen atoms in total. The maximum absolute atomic E-state index is 11.6. The number of nitrogens with two attached hydrogens (primary N) is 1. The van der Waals surface area contributed by atoms with Crippen LogP contribution in [0.3, 0.4) is 0 Å². The summed E-state index contributed by atoms with van der Waals surface area (Å²) in [7, 11) is 1.75. The Labute approximate surface area is 78.2 Å². The number of likely N-dealkylation sites (N-methyl/N-ethyl adjacent to an activating group) is 1. The number of amides is 1. The summed E-state index contributed by atoms with van der Waals surface area (Å²) in [6, 6.07) is 9.19. The second-order valence-corrected chi connectivity index (χ2v) is 2.88. The number of carbonyl (C=O) groups excluding carboxylic acids is 1. The first-order valence-corrected chi connectivity index (χ1v) is 4.26. The van der Waals surface area contributed by atoms with Crippen molar-refractivity contribution >= 4 is 5.91 Å². The number of nitrogens with zero attached hydrogens (tertiary/aromatic N) is 1. The van der Waals surface area contributed by atoms with E-state index in [4.69, 9.17) is 5.73 Å². The normalized spacial score (nSPS) is 9.69. The average Bonchev–Trinajstić information content (AvgIpc) is 2.18. The van der Waals surface area contributed by atoms with Crippen LogP contribution in [0, 0.1) is 0 Å². The van der Waals surface area contributed by atoms with Crippen molar-refractivity contribution in [2.75, 3.05) is 20.1 Å². The fourth-order valence-corrected chi connectivity index (χ4v) is 1.10. The third-order valence-electron chi connectivity index (χ3n) is 1.83. The van der Waals surface area contributed by atoms with E-state index in [1.807, 2.05) is 18.2 Å². The quantitative estimate of drug-likeness (QED) is 0.741. The second kappa shape index (κ2) is 4.62. The lowest BCUT2D eigenvalue weighted by Gasteiger charge is -2.15. The first-order valence-electron chi connectivity index (χ1n) is 4.26. The molecule has 0 aromatic heterocycles. The SMILES string of the molecule is CN(CCN)C(=O)c1ccccc1. The van der Waals surface area contributed by atoms with Gasteiger partial charge < -0.3 is 10.6 Å². The molecule has 0 radical (unpaired) electrons. The zero-order chi connectivity index (χ0) is 9.68. The molecular weight excluding hydrogens is 164 g/mol. The largest absolute Gasteiger partial charge is 0.340 e. The summed E-state index contributed by atoms with van der Waals surface area (Å²) in [5.74, 6) is 0.0195. The van der Waals surface area contributed by atoms with Gasteiger partial charge in [-0.25, -0.2) is 0 Å². The Bertz CT molecular complexity index is 272. The molecule has 0 spiro atoms. The highest BCUT2D eigenvalue weighted by molar-refractivity contribution is 5.93. The summed E-state index contributed by atoms with van der Waals surface area (Å²) < 4.78 is 0. The fraction of sp³-hybridized carbons (Fsp3) is 0.300. The highest BCUT2D eigenvalue weighted by Gasteiger charge is 2.08. The van der Waals surface area contributed by atoms with E-state index >= 15 is 0 Å². The molecule has 1 rings (SSSR count). The van der Waals surface area contributed by atoms with Crippen LogP contribution in [0.2, 0.25) is 0 Å². The smallest absolute Gasteiger partial charge is 0.253 e. The molecule has 0 aliphatic rings. The Balaban J connectivity index is 2.68. The molecule has 0 atom stereocenters. The average molecular weight is 178 g/mol. The molecule has 0 saturated heterocycles. The third kappa shape index (κ3) is 2.56. The van der Waals surface area contributed by atoms with Crippen LogP contribution in [-0.4, -0.2) is 30.9 Å². The molecule has 0 saturated carbocycles. The molecule has 1 aromatic rings. The number of benzene rings is 1. The van der Waals surface area contributed by atoms with E-state index in [0.29, 0.717) is 18.7 Å². The number of rotatable bonds is 3. The van der Waals surface area contributed by atoms with E-state index in [0.717, 1.165) is 0 Å². The first kappa shape index (κ1) is 9.74. The van der Waals surface area contributed by atoms with E-state index < -0.39 is 0 Å². The fourth-order valence-electron chi connectivity index (χ4n) is 1.10. The number of carbonyl (C=O) groups is 1. The molecule has 0 bridgehead atoms. The van der Waals surface area contributed by atoms with Crippen LogP contribution in [-0.2, 0) is 0 Å². The Hall–Kier alpha value is -1.35. The van der Waals surface area contributed by atoms with Gasteiger partial charge in [0.2, 0.25) is 0 Å². The molecule has 0 fully saturated rings. The van der Waals surface area contributed by atoms with Crippen LogP contribution in [0.25, 0.3) is 0 Å². The predicted octanol–water partition coefficient (Wildman–Crippen LogP) is 0.717. The van der Waals surface area contributed by atoms with E-state index in [-0.39, 0.29) is 5.91 Å². The van der Waals surface area contributed by atoms with Crippen LogP contribution in [0.15, 0.2) is 30.3 Å². The summed E-state index contributed by atoms with van der Waals surface area (Å²) >= 11 is 0. The molecule has 13 heavy (non-hydrogen) atoms. The molecule has 1 aromatic carbocycles. The number of hydrogen-bond acceptors (Lipinski definition) is 2. The Kier molecular flexibility index (Phi) is 3.46. The lowest BCUT2D eigenvalue weighted by Crippen LogP contribution is -2.31. The summed E-state index contributed by atoms with van der Waals surface area (Å²) in [6.45, 7) is 1.09. The molecule has 0 heterocycles. The first-order chi connectivity index (χ1) is 6.25. The number of hydrogen-bond donors (Lipinski definition) is 1. The summed E-state index contributed by atoms with van der Waals surface area (Å²) in [6.07, 6.45) is 0. The van der Waals surface area contributed by atoms with Crippen LogP contribution in [0.5, 0.6) is 0 Å². The van der Waals surface area contributed by atoms with Gasteiger partial charge in [0, 0.05) is 25.7 Å². The Morgan fingerprint density at radius 1 is 1.38 bits per heavy atom. The van der Waals surface area contributed by atoms with E-state index in [1.165, 1.54) is 0 Å². The van der Waals surface area contributed by atoms with Crippen LogP contribution in [0.4, 0.5) is 0 Å². The van der Waals surface area contributed by atoms with Gasteiger partial charge in [-0.2, -0.15) is 0 Å². The zero-order valence-corrected chi connectivity index (χ0v) is 7.73. The van der Waals surface area contributed by atoms with E-state index in [9.17, 15) is 4.79 Å². The van der Waals surface area contributed by atoms with Gasteiger partial charge in [-0.05, 0) is 12.1 Å². The minimum atomic E-state index is 0.0195. The highest BCUT2D eigenvalue weighted by atomic mass is 16.2. The van der Waals surface area contributed by atoms with Gasteiger partial charge in [0.1, 0.15) is 0 Å². The predicted molar refractivity (Wildman–Crippen MR) is 52.5 cm³/mol. The second-order valence-electron chi connectivity index (χ2n) is 2.88. The van der Waals surface area contributed by atoms with Gasteiger partial charge in [-0.3, -0.25) is 4.79 Å². The zero-order valence-electron chi connectivity index (χ0n) is 7.73. The maximum atomic E-state index is 11.6. The molecule has 70 valence electrons. The molecule has 2 N–H and O–H groups in total. The Morgan fingerprint density at radius 3 is 2.54 bits per heavy atom. The topological polar surface area (TPSA) is 46.3 Å². The van der Waals surface area contributed by atoms with Gasteiger partial charge in [-0.15, -0.1) is 0 Å². The van der Waals surface area contributed by atoms with Gasteiger partial charge >= 0.3 is 0 Å². The maximum Gasteiger partial charge on any atom is 0.253 e. The van der Waals surface area contributed by atoms with Crippen molar-refractivity contribution in [3.63, 3.8) is 0 Å². The Morgan fingerprint density at radius 2 is 2.00 bits per heavy atom. The van der Waals surface area contributed by atoms with Crippen molar-refractivity contribution in [3.05, 3.63) is 35.9 Å². The van der Waals surface area contributed by atoms with Gasteiger partial charge in [-0.1, -0.05) is 18.2 Å². The van der Waals surface area contributed by atoms with E-state index in [1.54, 1.807) is 24.1 Å². The van der Waals surface area contributed by atoms with Gasteiger partial charge in [0.05, 0.1) is 0 Å². The minimum absolute atomic E-state index is 0.0195. The van der Waals surface area contributed by atoms with Gasteiger partial charge in [0.25, 0.3) is 5.91 Å².